The van der Waals surface area contributed by atoms with E-state index in [4.69, 9.17) is 0 Å². The Bertz CT molecular complexity index is 660. The Balaban J connectivity index is 1.48. The number of nitrogens with one attached hydrogen (secondary N) is 1. The van der Waals surface area contributed by atoms with Crippen LogP contribution in [0, 0.1) is 5.82 Å². The summed E-state index contributed by atoms with van der Waals surface area (Å²) < 4.78 is 15.0. The standard InChI is InChI=1S/C19H24FN3O/c20-16-6-8-17(9-7-16)23-14-3-5-18(23)15-19(24)21-10-4-13-22-11-1-2-12-22/h3,5-9,14H,1-2,4,10-13,15H2,(H,21,24). The van der Waals surface area contributed by atoms with Gasteiger partial charge in [0.15, 0.2) is 0 Å². The molecule has 0 radical (unpaired) electrons. The third-order valence-electron chi connectivity index (χ3n) is 4.45. The fourth-order valence-corrected chi connectivity index (χ4v) is 3.18. The maximum absolute atomic E-state index is 13.0. The van der Waals surface area contributed by atoms with E-state index < -0.39 is 0 Å². The molecule has 2 aromatic rings. The Morgan fingerprint density at radius 1 is 1.12 bits per heavy atom. The van der Waals surface area contributed by atoms with Crippen LogP contribution in [-0.4, -0.2) is 41.6 Å². The van der Waals surface area contributed by atoms with Crippen LogP contribution in [0.3, 0.4) is 0 Å². The number of hydrogen-bond donors (Lipinski definition) is 1. The zero-order valence-electron chi connectivity index (χ0n) is 13.9. The van der Waals surface area contributed by atoms with Crippen molar-refractivity contribution >= 4 is 5.91 Å². The van der Waals surface area contributed by atoms with Crippen LogP contribution < -0.4 is 5.32 Å². The van der Waals surface area contributed by atoms with Crippen molar-refractivity contribution in [3.8, 4) is 5.69 Å². The summed E-state index contributed by atoms with van der Waals surface area (Å²) in [4.78, 5) is 14.6. The molecule has 0 spiro atoms. The Labute approximate surface area is 142 Å². The molecule has 1 saturated heterocycles. The van der Waals surface area contributed by atoms with Gasteiger partial charge in [0.2, 0.25) is 5.91 Å². The minimum Gasteiger partial charge on any atom is -0.356 e. The molecule has 1 aliphatic heterocycles. The number of benzene rings is 1. The summed E-state index contributed by atoms with van der Waals surface area (Å²) in [7, 11) is 0. The number of carbonyl (C=O) groups excluding carboxylic acids is 1. The van der Waals surface area contributed by atoms with Gasteiger partial charge in [-0.15, -0.1) is 0 Å². The van der Waals surface area contributed by atoms with Crippen LogP contribution in [0.25, 0.3) is 5.69 Å². The number of halogens is 1. The molecule has 1 N–H and O–H groups in total. The van der Waals surface area contributed by atoms with Crippen molar-refractivity contribution in [1.82, 2.24) is 14.8 Å². The van der Waals surface area contributed by atoms with E-state index in [1.54, 1.807) is 12.1 Å². The summed E-state index contributed by atoms with van der Waals surface area (Å²) in [6, 6.07) is 10.1. The van der Waals surface area contributed by atoms with E-state index in [1.165, 1.54) is 38.1 Å². The highest BCUT2D eigenvalue weighted by molar-refractivity contribution is 5.78. The van der Waals surface area contributed by atoms with E-state index in [2.05, 4.69) is 10.2 Å². The van der Waals surface area contributed by atoms with Crippen molar-refractivity contribution in [2.24, 2.45) is 0 Å². The zero-order valence-corrected chi connectivity index (χ0v) is 13.9. The van der Waals surface area contributed by atoms with Gasteiger partial charge in [-0.3, -0.25) is 4.79 Å². The third-order valence-corrected chi connectivity index (χ3v) is 4.45. The smallest absolute Gasteiger partial charge is 0.225 e. The molecule has 0 bridgehead atoms. The van der Waals surface area contributed by atoms with E-state index in [0.29, 0.717) is 13.0 Å². The summed E-state index contributed by atoms with van der Waals surface area (Å²) in [5, 5.41) is 2.99. The van der Waals surface area contributed by atoms with Crippen LogP contribution in [-0.2, 0) is 11.2 Å². The fourth-order valence-electron chi connectivity index (χ4n) is 3.18. The third kappa shape index (κ3) is 4.45. The second-order valence-electron chi connectivity index (χ2n) is 6.27. The average Bonchev–Trinajstić information content (AvgIpc) is 3.24. The topological polar surface area (TPSA) is 37.3 Å². The van der Waals surface area contributed by atoms with E-state index in [0.717, 1.165) is 24.3 Å². The van der Waals surface area contributed by atoms with E-state index in [-0.39, 0.29) is 11.7 Å². The second kappa shape index (κ2) is 8.11. The van der Waals surface area contributed by atoms with E-state index in [9.17, 15) is 9.18 Å². The number of likely N-dealkylation sites (tertiary alicyclic amines) is 1. The highest BCUT2D eigenvalue weighted by Gasteiger charge is 2.11. The molecule has 1 aromatic heterocycles. The lowest BCUT2D eigenvalue weighted by molar-refractivity contribution is -0.120. The first-order valence-electron chi connectivity index (χ1n) is 8.63. The molecular formula is C19H24FN3O. The Kier molecular flexibility index (Phi) is 5.64. The molecule has 0 aliphatic carbocycles. The summed E-state index contributed by atoms with van der Waals surface area (Å²) >= 11 is 0. The van der Waals surface area contributed by atoms with Gasteiger partial charge in [-0.05, 0) is 75.3 Å². The minimum atomic E-state index is -0.261. The molecule has 1 fully saturated rings. The zero-order chi connectivity index (χ0) is 16.8. The van der Waals surface area contributed by atoms with Gasteiger partial charge in [0.25, 0.3) is 0 Å². The molecule has 4 nitrogen and oxygen atoms in total. The number of rotatable bonds is 7. The van der Waals surface area contributed by atoms with Gasteiger partial charge in [-0.2, -0.15) is 0 Å². The monoisotopic (exact) mass is 329 g/mol. The first-order valence-corrected chi connectivity index (χ1v) is 8.63. The van der Waals surface area contributed by atoms with Gasteiger partial charge >= 0.3 is 0 Å². The molecule has 5 heteroatoms. The second-order valence-corrected chi connectivity index (χ2v) is 6.27. The van der Waals surface area contributed by atoms with Gasteiger partial charge in [0, 0.05) is 24.1 Å². The Morgan fingerprint density at radius 3 is 2.62 bits per heavy atom. The first kappa shape index (κ1) is 16.7. The molecule has 128 valence electrons. The molecule has 0 unspecified atom stereocenters. The SMILES string of the molecule is O=C(Cc1cccn1-c1ccc(F)cc1)NCCCN1CCCC1. The largest absolute Gasteiger partial charge is 0.356 e. The predicted molar refractivity (Wildman–Crippen MR) is 92.7 cm³/mol. The summed E-state index contributed by atoms with van der Waals surface area (Å²) in [5.41, 5.74) is 1.76. The van der Waals surface area contributed by atoms with Crippen molar-refractivity contribution in [3.63, 3.8) is 0 Å². The number of nitrogens with zero attached hydrogens (tertiary/aromatic N) is 2. The van der Waals surface area contributed by atoms with Crippen LogP contribution >= 0.6 is 0 Å². The molecule has 0 saturated carbocycles. The number of amides is 1. The normalized spacial score (nSPS) is 14.9. The van der Waals surface area contributed by atoms with E-state index in [1.807, 2.05) is 22.9 Å². The van der Waals surface area contributed by atoms with Crippen molar-refractivity contribution in [2.75, 3.05) is 26.2 Å². The molecule has 1 aliphatic rings. The molecule has 1 aromatic carbocycles. The van der Waals surface area contributed by atoms with Crippen molar-refractivity contribution in [1.29, 1.82) is 0 Å². The maximum Gasteiger partial charge on any atom is 0.225 e. The molecule has 2 heterocycles. The number of hydrogen-bond acceptors (Lipinski definition) is 2. The molecule has 0 atom stereocenters. The first-order chi connectivity index (χ1) is 11.7. The van der Waals surface area contributed by atoms with Crippen molar-refractivity contribution in [2.45, 2.75) is 25.7 Å². The van der Waals surface area contributed by atoms with Crippen molar-refractivity contribution < 1.29 is 9.18 Å². The van der Waals surface area contributed by atoms with Crippen LogP contribution in [0.5, 0.6) is 0 Å². The van der Waals surface area contributed by atoms with E-state index >= 15 is 0 Å². The Morgan fingerprint density at radius 2 is 1.88 bits per heavy atom. The Hall–Kier alpha value is -2.14. The van der Waals surface area contributed by atoms with Gasteiger partial charge in [-0.1, -0.05) is 0 Å². The summed E-state index contributed by atoms with van der Waals surface area (Å²) in [6.07, 6.45) is 5.81. The van der Waals surface area contributed by atoms with Crippen LogP contribution in [0.4, 0.5) is 4.39 Å². The lowest BCUT2D eigenvalue weighted by atomic mass is 10.2. The molecular weight excluding hydrogens is 305 g/mol. The average molecular weight is 329 g/mol. The minimum absolute atomic E-state index is 0.0264. The molecule has 24 heavy (non-hydrogen) atoms. The van der Waals surface area contributed by atoms with Crippen molar-refractivity contribution in [3.05, 3.63) is 54.1 Å². The van der Waals surface area contributed by atoms with Gasteiger partial charge < -0.3 is 14.8 Å². The van der Waals surface area contributed by atoms with Crippen LogP contribution in [0.2, 0.25) is 0 Å². The lowest BCUT2D eigenvalue weighted by Crippen LogP contribution is -2.30. The maximum atomic E-state index is 13.0. The molecule has 3 rings (SSSR count). The lowest BCUT2D eigenvalue weighted by Gasteiger charge is -2.14. The summed E-state index contributed by atoms with van der Waals surface area (Å²) in [5.74, 6) is -0.235. The highest BCUT2D eigenvalue weighted by Crippen LogP contribution is 2.14. The van der Waals surface area contributed by atoms with Crippen LogP contribution in [0.15, 0.2) is 42.6 Å². The van der Waals surface area contributed by atoms with Gasteiger partial charge in [0.1, 0.15) is 5.82 Å². The fraction of sp³-hybridized carbons (Fsp3) is 0.421. The van der Waals surface area contributed by atoms with Gasteiger partial charge in [-0.25, -0.2) is 4.39 Å². The number of carbonyl (C=O) groups is 1. The highest BCUT2D eigenvalue weighted by atomic mass is 19.1. The quantitative estimate of drug-likeness (QED) is 0.793. The predicted octanol–water partition coefficient (Wildman–Crippen LogP) is 2.76. The van der Waals surface area contributed by atoms with Gasteiger partial charge in [0.05, 0.1) is 6.42 Å². The molecule has 1 amide bonds. The number of aromatic nitrogens is 1. The van der Waals surface area contributed by atoms with Crippen LogP contribution in [0.1, 0.15) is 25.0 Å². The summed E-state index contributed by atoms with van der Waals surface area (Å²) in [6.45, 7) is 4.16.